The SMILES string of the molecule is Cc1cc(C)cc(C(=O)NC(=S)Nc2ccc(-c3nc4ccccc4s3)cc2)c1. The van der Waals surface area contributed by atoms with Gasteiger partial charge in [-0.05, 0) is 74.6 Å². The fourth-order valence-corrected chi connectivity index (χ4v) is 4.32. The zero-order valence-corrected chi connectivity index (χ0v) is 17.7. The quantitative estimate of drug-likeness (QED) is 0.420. The maximum Gasteiger partial charge on any atom is 0.257 e. The first-order valence-corrected chi connectivity index (χ1v) is 10.4. The number of nitrogens with zero attached hydrogens (tertiary/aromatic N) is 1. The third kappa shape index (κ3) is 4.50. The number of carbonyl (C=O) groups excluding carboxylic acids is 1. The molecule has 0 aliphatic rings. The van der Waals surface area contributed by atoms with Gasteiger partial charge in [0.05, 0.1) is 10.2 Å². The van der Waals surface area contributed by atoms with Crippen molar-refractivity contribution in [2.24, 2.45) is 0 Å². The van der Waals surface area contributed by atoms with Gasteiger partial charge in [0.2, 0.25) is 0 Å². The van der Waals surface area contributed by atoms with Crippen LogP contribution in [0.2, 0.25) is 0 Å². The second-order valence-corrected chi connectivity index (χ2v) is 8.29. The number of para-hydroxylation sites is 1. The van der Waals surface area contributed by atoms with Gasteiger partial charge in [-0.15, -0.1) is 11.3 Å². The number of carbonyl (C=O) groups is 1. The Morgan fingerprint density at radius 1 is 0.966 bits per heavy atom. The summed E-state index contributed by atoms with van der Waals surface area (Å²) in [6, 6.07) is 21.7. The molecule has 1 amide bonds. The summed E-state index contributed by atoms with van der Waals surface area (Å²) in [5, 5.41) is 7.03. The lowest BCUT2D eigenvalue weighted by atomic mass is 10.1. The molecule has 4 rings (SSSR count). The van der Waals surface area contributed by atoms with Crippen LogP contribution in [0.1, 0.15) is 21.5 Å². The first-order valence-electron chi connectivity index (χ1n) is 9.14. The summed E-state index contributed by atoms with van der Waals surface area (Å²) in [7, 11) is 0. The van der Waals surface area contributed by atoms with Crippen molar-refractivity contribution in [3.05, 3.63) is 83.4 Å². The zero-order chi connectivity index (χ0) is 20.4. The Balaban J connectivity index is 1.42. The molecule has 0 aliphatic carbocycles. The van der Waals surface area contributed by atoms with Crippen molar-refractivity contribution in [1.82, 2.24) is 10.3 Å². The van der Waals surface area contributed by atoms with Crippen molar-refractivity contribution < 1.29 is 4.79 Å². The molecule has 0 fully saturated rings. The Labute approximate surface area is 178 Å². The summed E-state index contributed by atoms with van der Waals surface area (Å²) in [6.45, 7) is 3.93. The van der Waals surface area contributed by atoms with Crippen molar-refractivity contribution in [3.8, 4) is 10.6 Å². The number of anilines is 1. The van der Waals surface area contributed by atoms with E-state index in [0.717, 1.165) is 32.9 Å². The molecule has 3 aromatic carbocycles. The Morgan fingerprint density at radius 2 is 1.66 bits per heavy atom. The first kappa shape index (κ1) is 19.2. The number of aryl methyl sites for hydroxylation is 2. The molecule has 1 heterocycles. The minimum Gasteiger partial charge on any atom is -0.332 e. The summed E-state index contributed by atoms with van der Waals surface area (Å²) >= 11 is 6.96. The zero-order valence-electron chi connectivity index (χ0n) is 16.0. The fourth-order valence-electron chi connectivity index (χ4n) is 3.14. The predicted octanol–water partition coefficient (Wildman–Crippen LogP) is 5.71. The van der Waals surface area contributed by atoms with Gasteiger partial charge in [-0.3, -0.25) is 10.1 Å². The largest absolute Gasteiger partial charge is 0.332 e. The lowest BCUT2D eigenvalue weighted by molar-refractivity contribution is 0.0977. The molecular weight excluding hydrogens is 398 g/mol. The van der Waals surface area contributed by atoms with Crippen molar-refractivity contribution in [3.63, 3.8) is 0 Å². The number of nitrogens with one attached hydrogen (secondary N) is 2. The van der Waals surface area contributed by atoms with Crippen LogP contribution in [-0.4, -0.2) is 16.0 Å². The molecule has 0 unspecified atom stereocenters. The van der Waals surface area contributed by atoms with E-state index < -0.39 is 0 Å². The average molecular weight is 418 g/mol. The Kier molecular flexibility index (Phi) is 5.38. The lowest BCUT2D eigenvalue weighted by Crippen LogP contribution is -2.34. The number of hydrogen-bond acceptors (Lipinski definition) is 4. The number of rotatable bonds is 3. The molecule has 2 N–H and O–H groups in total. The summed E-state index contributed by atoms with van der Waals surface area (Å²) in [6.07, 6.45) is 0. The van der Waals surface area contributed by atoms with Crippen LogP contribution < -0.4 is 10.6 Å². The fraction of sp³-hybridized carbons (Fsp3) is 0.0870. The van der Waals surface area contributed by atoms with Gasteiger partial charge in [0.15, 0.2) is 5.11 Å². The van der Waals surface area contributed by atoms with E-state index in [1.807, 2.05) is 74.5 Å². The number of thiazole rings is 1. The van der Waals surface area contributed by atoms with E-state index >= 15 is 0 Å². The monoisotopic (exact) mass is 417 g/mol. The predicted molar refractivity (Wildman–Crippen MR) is 125 cm³/mol. The normalized spacial score (nSPS) is 10.7. The van der Waals surface area contributed by atoms with Crippen molar-refractivity contribution >= 4 is 50.5 Å². The van der Waals surface area contributed by atoms with E-state index in [-0.39, 0.29) is 11.0 Å². The van der Waals surface area contributed by atoms with Gasteiger partial charge in [-0.2, -0.15) is 0 Å². The average Bonchev–Trinajstić information content (AvgIpc) is 3.12. The minimum atomic E-state index is -0.222. The van der Waals surface area contributed by atoms with Crippen LogP contribution in [0.4, 0.5) is 5.69 Å². The molecule has 4 nitrogen and oxygen atoms in total. The molecule has 4 aromatic rings. The number of thiocarbonyl (C=S) groups is 1. The van der Waals surface area contributed by atoms with E-state index in [0.29, 0.717) is 5.56 Å². The summed E-state index contributed by atoms with van der Waals surface area (Å²) in [4.78, 5) is 17.1. The van der Waals surface area contributed by atoms with Gasteiger partial charge in [-0.25, -0.2) is 4.98 Å². The maximum absolute atomic E-state index is 12.4. The van der Waals surface area contributed by atoms with Crippen LogP contribution in [0.25, 0.3) is 20.8 Å². The number of fused-ring (bicyclic) bond motifs is 1. The highest BCUT2D eigenvalue weighted by Crippen LogP contribution is 2.30. The Bertz CT molecular complexity index is 1160. The van der Waals surface area contributed by atoms with E-state index in [4.69, 9.17) is 12.2 Å². The number of benzene rings is 3. The van der Waals surface area contributed by atoms with E-state index in [1.165, 1.54) is 4.70 Å². The molecule has 1 aromatic heterocycles. The maximum atomic E-state index is 12.4. The highest BCUT2D eigenvalue weighted by molar-refractivity contribution is 7.80. The highest BCUT2D eigenvalue weighted by atomic mass is 32.1. The van der Waals surface area contributed by atoms with Gasteiger partial charge in [0.1, 0.15) is 5.01 Å². The lowest BCUT2D eigenvalue weighted by Gasteiger charge is -2.11. The molecule has 0 atom stereocenters. The molecule has 144 valence electrons. The van der Waals surface area contributed by atoms with E-state index in [2.05, 4.69) is 21.7 Å². The molecule has 6 heteroatoms. The molecule has 0 saturated carbocycles. The third-order valence-corrected chi connectivity index (χ3v) is 5.68. The molecule has 29 heavy (non-hydrogen) atoms. The van der Waals surface area contributed by atoms with Gasteiger partial charge in [0, 0.05) is 16.8 Å². The first-order chi connectivity index (χ1) is 14.0. The minimum absolute atomic E-state index is 0.222. The van der Waals surface area contributed by atoms with E-state index in [9.17, 15) is 4.79 Å². The highest BCUT2D eigenvalue weighted by Gasteiger charge is 2.10. The van der Waals surface area contributed by atoms with Crippen LogP contribution in [0.3, 0.4) is 0 Å². The summed E-state index contributed by atoms with van der Waals surface area (Å²) in [5.41, 5.74) is 5.53. The number of hydrogen-bond donors (Lipinski definition) is 2. The smallest absolute Gasteiger partial charge is 0.257 e. The number of aromatic nitrogens is 1. The van der Waals surface area contributed by atoms with Crippen LogP contribution in [0.5, 0.6) is 0 Å². The molecule has 0 bridgehead atoms. The Morgan fingerprint density at radius 3 is 2.34 bits per heavy atom. The van der Waals surface area contributed by atoms with Crippen molar-refractivity contribution in [1.29, 1.82) is 0 Å². The standard InChI is InChI=1S/C23H19N3OS2/c1-14-11-15(2)13-17(12-14)21(27)26-23(28)24-18-9-7-16(8-10-18)22-25-19-5-3-4-6-20(19)29-22/h3-13H,1-2H3,(H2,24,26,27,28). The van der Waals surface area contributed by atoms with E-state index in [1.54, 1.807) is 11.3 Å². The number of amides is 1. The topological polar surface area (TPSA) is 54.0 Å². The Hall–Kier alpha value is -3.09. The van der Waals surface area contributed by atoms with Gasteiger partial charge < -0.3 is 5.32 Å². The third-order valence-electron chi connectivity index (χ3n) is 4.39. The van der Waals surface area contributed by atoms with Gasteiger partial charge in [-0.1, -0.05) is 29.3 Å². The second kappa shape index (κ2) is 8.11. The molecule has 0 radical (unpaired) electrons. The summed E-state index contributed by atoms with van der Waals surface area (Å²) in [5.74, 6) is -0.222. The molecule has 0 aliphatic heterocycles. The molecular formula is C23H19N3OS2. The molecule has 0 saturated heterocycles. The second-order valence-electron chi connectivity index (χ2n) is 6.85. The van der Waals surface area contributed by atoms with Gasteiger partial charge >= 0.3 is 0 Å². The van der Waals surface area contributed by atoms with Crippen molar-refractivity contribution in [2.45, 2.75) is 13.8 Å². The van der Waals surface area contributed by atoms with Crippen LogP contribution in [0.15, 0.2) is 66.7 Å². The van der Waals surface area contributed by atoms with Crippen molar-refractivity contribution in [2.75, 3.05) is 5.32 Å². The molecule has 0 spiro atoms. The van der Waals surface area contributed by atoms with Gasteiger partial charge in [0.25, 0.3) is 5.91 Å². The van der Waals surface area contributed by atoms with Crippen LogP contribution >= 0.6 is 23.6 Å². The summed E-state index contributed by atoms with van der Waals surface area (Å²) < 4.78 is 1.17. The van der Waals surface area contributed by atoms with Crippen LogP contribution in [0, 0.1) is 13.8 Å². The van der Waals surface area contributed by atoms with Crippen LogP contribution in [-0.2, 0) is 0 Å².